The fourth-order valence-electron chi connectivity index (χ4n) is 4.81. The SMILES string of the molecule is O=C(NCCC1=CCCCC1)[C@@H](Cc1ccccc1)N(Cc1ccc(Cl)cc1)C(=O)Cc1ccc(Cl)cc1. The van der Waals surface area contributed by atoms with Crippen LogP contribution < -0.4 is 5.32 Å². The number of hydrogen-bond acceptors (Lipinski definition) is 2. The standard InChI is InChI=1S/C32H34Cl2N2O2/c33-28-15-11-26(12-16-28)22-31(37)36(23-27-13-17-29(34)18-14-27)30(21-25-9-5-2-6-10-25)32(38)35-20-19-24-7-3-1-4-8-24/h2,5-7,9-18,30H,1,3-4,8,19-23H2,(H,35,38)/t30-/m1/s1. The predicted octanol–water partition coefficient (Wildman–Crippen LogP) is 7.18. The van der Waals surface area contributed by atoms with E-state index in [0.29, 0.717) is 29.6 Å². The molecule has 1 N–H and O–H groups in total. The van der Waals surface area contributed by atoms with E-state index in [1.165, 1.54) is 18.4 Å². The predicted molar refractivity (Wildman–Crippen MR) is 155 cm³/mol. The number of carbonyl (C=O) groups excluding carboxylic acids is 2. The summed E-state index contributed by atoms with van der Waals surface area (Å²) in [6.45, 7) is 0.871. The molecule has 0 saturated carbocycles. The second kappa shape index (κ2) is 14.2. The maximum Gasteiger partial charge on any atom is 0.243 e. The van der Waals surface area contributed by atoms with Gasteiger partial charge in [-0.2, -0.15) is 0 Å². The van der Waals surface area contributed by atoms with E-state index in [1.807, 2.05) is 66.7 Å². The zero-order chi connectivity index (χ0) is 26.7. The Bertz CT molecular complexity index is 1220. The normalized spacial score (nSPS) is 13.9. The summed E-state index contributed by atoms with van der Waals surface area (Å²) in [7, 11) is 0. The van der Waals surface area contributed by atoms with E-state index in [-0.39, 0.29) is 18.2 Å². The van der Waals surface area contributed by atoms with Crippen LogP contribution in [0.15, 0.2) is 90.5 Å². The fraction of sp³-hybridized carbons (Fsp3) is 0.312. The highest BCUT2D eigenvalue weighted by atomic mass is 35.5. The lowest BCUT2D eigenvalue weighted by Crippen LogP contribution is -2.51. The summed E-state index contributed by atoms with van der Waals surface area (Å²) in [5, 5.41) is 4.39. The zero-order valence-electron chi connectivity index (χ0n) is 21.5. The second-order valence-corrected chi connectivity index (χ2v) is 10.7. The minimum atomic E-state index is -0.659. The summed E-state index contributed by atoms with van der Waals surface area (Å²) in [6, 6.07) is 23.9. The quantitative estimate of drug-likeness (QED) is 0.258. The number of amides is 2. The van der Waals surface area contributed by atoms with E-state index in [9.17, 15) is 9.59 Å². The molecule has 6 heteroatoms. The van der Waals surface area contributed by atoms with Crippen LogP contribution in [0.25, 0.3) is 0 Å². The second-order valence-electron chi connectivity index (χ2n) is 9.81. The molecule has 0 heterocycles. The first-order chi connectivity index (χ1) is 18.5. The maximum absolute atomic E-state index is 13.8. The van der Waals surface area contributed by atoms with Crippen molar-refractivity contribution in [2.75, 3.05) is 6.54 Å². The lowest BCUT2D eigenvalue weighted by molar-refractivity contribution is -0.140. The molecule has 198 valence electrons. The van der Waals surface area contributed by atoms with Crippen LogP contribution >= 0.6 is 23.2 Å². The molecule has 0 spiro atoms. The van der Waals surface area contributed by atoms with Gasteiger partial charge in [0.15, 0.2) is 0 Å². The zero-order valence-corrected chi connectivity index (χ0v) is 23.1. The van der Waals surface area contributed by atoms with Crippen molar-refractivity contribution < 1.29 is 9.59 Å². The average Bonchev–Trinajstić information content (AvgIpc) is 2.94. The number of carbonyl (C=O) groups is 2. The minimum absolute atomic E-state index is 0.117. The lowest BCUT2D eigenvalue weighted by atomic mass is 9.97. The van der Waals surface area contributed by atoms with Gasteiger partial charge in [0, 0.05) is 29.6 Å². The van der Waals surface area contributed by atoms with Crippen LogP contribution in [0.3, 0.4) is 0 Å². The van der Waals surface area contributed by atoms with Gasteiger partial charge in [-0.05, 0) is 73.1 Å². The first-order valence-corrected chi connectivity index (χ1v) is 14.0. The Morgan fingerprint density at radius 1 is 0.816 bits per heavy atom. The van der Waals surface area contributed by atoms with E-state index in [2.05, 4.69) is 11.4 Å². The third kappa shape index (κ3) is 8.47. The van der Waals surface area contributed by atoms with Crippen molar-refractivity contribution >= 4 is 35.0 Å². The van der Waals surface area contributed by atoms with Gasteiger partial charge in [0.05, 0.1) is 6.42 Å². The molecule has 0 aliphatic heterocycles. The Kier molecular flexibility index (Phi) is 10.4. The minimum Gasteiger partial charge on any atom is -0.354 e. The van der Waals surface area contributed by atoms with Crippen molar-refractivity contribution in [3.8, 4) is 0 Å². The van der Waals surface area contributed by atoms with Gasteiger partial charge in [0.2, 0.25) is 11.8 Å². The smallest absolute Gasteiger partial charge is 0.243 e. The van der Waals surface area contributed by atoms with E-state index >= 15 is 0 Å². The molecule has 0 bridgehead atoms. The Balaban J connectivity index is 1.58. The van der Waals surface area contributed by atoms with Crippen molar-refractivity contribution in [1.82, 2.24) is 10.2 Å². The van der Waals surface area contributed by atoms with E-state index < -0.39 is 6.04 Å². The molecule has 0 radical (unpaired) electrons. The maximum atomic E-state index is 13.8. The van der Waals surface area contributed by atoms with Crippen molar-refractivity contribution in [3.63, 3.8) is 0 Å². The third-order valence-electron chi connectivity index (χ3n) is 6.94. The number of nitrogens with one attached hydrogen (secondary N) is 1. The van der Waals surface area contributed by atoms with E-state index in [0.717, 1.165) is 36.0 Å². The first-order valence-electron chi connectivity index (χ1n) is 13.3. The molecule has 3 aromatic rings. The first kappa shape index (κ1) is 27.9. The molecule has 4 rings (SSSR count). The van der Waals surface area contributed by atoms with Crippen LogP contribution in [0.1, 0.15) is 48.8 Å². The third-order valence-corrected chi connectivity index (χ3v) is 7.44. The van der Waals surface area contributed by atoms with Crippen LogP contribution in [0.5, 0.6) is 0 Å². The summed E-state index contributed by atoms with van der Waals surface area (Å²) in [4.78, 5) is 29.2. The summed E-state index contributed by atoms with van der Waals surface area (Å²) in [6.07, 6.45) is 8.43. The highest BCUT2D eigenvalue weighted by molar-refractivity contribution is 6.30. The Morgan fingerprint density at radius 2 is 1.47 bits per heavy atom. The van der Waals surface area contributed by atoms with Crippen LogP contribution in [0.4, 0.5) is 0 Å². The van der Waals surface area contributed by atoms with Crippen LogP contribution in [0, 0.1) is 0 Å². The molecular formula is C32H34Cl2N2O2. The monoisotopic (exact) mass is 548 g/mol. The van der Waals surface area contributed by atoms with E-state index in [1.54, 1.807) is 17.0 Å². The summed E-state index contributed by atoms with van der Waals surface area (Å²) >= 11 is 12.2. The number of benzene rings is 3. The molecule has 2 amide bonds. The molecule has 3 aromatic carbocycles. The van der Waals surface area contributed by atoms with Crippen molar-refractivity contribution in [3.05, 3.63) is 117 Å². The highest BCUT2D eigenvalue weighted by Gasteiger charge is 2.30. The molecule has 38 heavy (non-hydrogen) atoms. The molecule has 4 nitrogen and oxygen atoms in total. The number of hydrogen-bond donors (Lipinski definition) is 1. The molecule has 0 aromatic heterocycles. The number of halogens is 2. The fourth-order valence-corrected chi connectivity index (χ4v) is 5.07. The van der Waals surface area contributed by atoms with Crippen molar-refractivity contribution in [2.45, 2.75) is 57.5 Å². The van der Waals surface area contributed by atoms with Crippen LogP contribution in [-0.4, -0.2) is 29.3 Å². The molecule has 0 unspecified atom stereocenters. The van der Waals surface area contributed by atoms with Crippen LogP contribution in [0.2, 0.25) is 10.0 Å². The summed E-state index contributed by atoms with van der Waals surface area (Å²) < 4.78 is 0. The van der Waals surface area contributed by atoms with Gasteiger partial charge in [-0.15, -0.1) is 0 Å². The van der Waals surface area contributed by atoms with Crippen LogP contribution in [-0.2, 0) is 29.0 Å². The summed E-state index contributed by atoms with van der Waals surface area (Å²) in [5.41, 5.74) is 4.18. The van der Waals surface area contributed by atoms with Gasteiger partial charge in [-0.1, -0.05) is 89.4 Å². The van der Waals surface area contributed by atoms with Gasteiger partial charge in [-0.3, -0.25) is 9.59 Å². The molecule has 1 aliphatic carbocycles. The molecule has 1 aliphatic rings. The Morgan fingerprint density at radius 3 is 2.11 bits per heavy atom. The van der Waals surface area contributed by atoms with Crippen molar-refractivity contribution in [2.24, 2.45) is 0 Å². The Labute approximate surface area is 235 Å². The van der Waals surface area contributed by atoms with E-state index in [4.69, 9.17) is 23.2 Å². The number of allylic oxidation sites excluding steroid dienone is 1. The molecule has 1 atom stereocenters. The highest BCUT2D eigenvalue weighted by Crippen LogP contribution is 2.21. The van der Waals surface area contributed by atoms with Gasteiger partial charge in [0.25, 0.3) is 0 Å². The number of rotatable bonds is 11. The topological polar surface area (TPSA) is 49.4 Å². The number of nitrogens with zero attached hydrogens (tertiary/aromatic N) is 1. The van der Waals surface area contributed by atoms with Gasteiger partial charge in [0.1, 0.15) is 6.04 Å². The molecular weight excluding hydrogens is 515 g/mol. The largest absolute Gasteiger partial charge is 0.354 e. The molecule has 0 saturated heterocycles. The van der Waals surface area contributed by atoms with Gasteiger partial charge >= 0.3 is 0 Å². The van der Waals surface area contributed by atoms with Gasteiger partial charge in [-0.25, -0.2) is 0 Å². The van der Waals surface area contributed by atoms with Gasteiger partial charge < -0.3 is 10.2 Å². The Hall–Kier alpha value is -3.08. The van der Waals surface area contributed by atoms with Crippen molar-refractivity contribution in [1.29, 1.82) is 0 Å². The summed E-state index contributed by atoms with van der Waals surface area (Å²) in [5.74, 6) is -0.253. The lowest BCUT2D eigenvalue weighted by Gasteiger charge is -2.32. The molecule has 0 fully saturated rings. The average molecular weight is 550 g/mol.